The zero-order chi connectivity index (χ0) is 19.6. The number of nitrogens with one attached hydrogen (secondary N) is 2. The Kier molecular flexibility index (Phi) is 4.45. The van der Waals surface area contributed by atoms with Crippen molar-refractivity contribution in [2.75, 3.05) is 23.8 Å². The zero-order valence-electron chi connectivity index (χ0n) is 15.2. The highest BCUT2D eigenvalue weighted by Crippen LogP contribution is 2.33. The summed E-state index contributed by atoms with van der Waals surface area (Å²) < 4.78 is 11.0. The summed E-state index contributed by atoms with van der Waals surface area (Å²) in [6.45, 7) is 1.03. The number of carbonyl (C=O) groups excluding carboxylic acids is 1. The topological polar surface area (TPSA) is 85.4 Å². The number of aromatic nitrogens is 2. The third-order valence-electron chi connectivity index (χ3n) is 4.39. The summed E-state index contributed by atoms with van der Waals surface area (Å²) in [6.07, 6.45) is 1.77. The van der Waals surface area contributed by atoms with Crippen molar-refractivity contribution < 1.29 is 14.3 Å². The average Bonchev–Trinajstić information content (AvgIpc) is 3.22. The molecule has 4 aromatic rings. The van der Waals surface area contributed by atoms with Crippen LogP contribution in [0.3, 0.4) is 0 Å². The lowest BCUT2D eigenvalue weighted by atomic mass is 10.2. The fourth-order valence-electron chi connectivity index (χ4n) is 3.03. The maximum absolute atomic E-state index is 12.5. The number of nitrogens with zero attached hydrogens (tertiary/aromatic N) is 2. The van der Waals surface area contributed by atoms with Crippen molar-refractivity contribution >= 4 is 44.7 Å². The molecule has 0 radical (unpaired) electrons. The van der Waals surface area contributed by atoms with Crippen molar-refractivity contribution in [2.24, 2.45) is 0 Å². The number of benzene rings is 2. The molecule has 1 aliphatic heterocycles. The standard InChI is InChI=1S/C21H16N4O3S/c26-20(23-15-4-6-18-19(11-15)28-9-8-27-18)17-12-29-21(25-17)24-14-3-5-16-13(10-14)2-1-7-22-16/h1-7,10-12H,8-9H2,(H,23,26)(H,24,25). The van der Waals surface area contributed by atoms with Gasteiger partial charge in [0, 0.05) is 34.4 Å². The summed E-state index contributed by atoms with van der Waals surface area (Å²) in [5.41, 5.74) is 2.79. The van der Waals surface area contributed by atoms with E-state index in [1.807, 2.05) is 30.3 Å². The SMILES string of the molecule is O=C(Nc1ccc2c(c1)OCCO2)c1csc(Nc2ccc3ncccc3c2)n1. The van der Waals surface area contributed by atoms with Crippen molar-refractivity contribution in [3.8, 4) is 11.5 Å². The molecular weight excluding hydrogens is 388 g/mol. The molecule has 1 amide bonds. The second kappa shape index (κ2) is 7.40. The summed E-state index contributed by atoms with van der Waals surface area (Å²) in [5.74, 6) is 1.02. The van der Waals surface area contributed by atoms with Crippen molar-refractivity contribution in [3.05, 3.63) is 65.8 Å². The summed E-state index contributed by atoms with van der Waals surface area (Å²) in [5, 5.41) is 9.48. The van der Waals surface area contributed by atoms with Gasteiger partial charge in [-0.3, -0.25) is 9.78 Å². The molecule has 2 aromatic carbocycles. The molecule has 0 aliphatic carbocycles. The van der Waals surface area contributed by atoms with Crippen molar-refractivity contribution in [2.45, 2.75) is 0 Å². The molecule has 1 aliphatic rings. The number of anilines is 3. The maximum atomic E-state index is 12.5. The van der Waals surface area contributed by atoms with E-state index in [4.69, 9.17) is 9.47 Å². The molecule has 0 unspecified atom stereocenters. The van der Waals surface area contributed by atoms with E-state index in [2.05, 4.69) is 20.6 Å². The minimum atomic E-state index is -0.284. The van der Waals surface area contributed by atoms with E-state index < -0.39 is 0 Å². The van der Waals surface area contributed by atoms with Gasteiger partial charge in [0.15, 0.2) is 16.6 Å². The number of fused-ring (bicyclic) bond motifs is 2. The van der Waals surface area contributed by atoms with Crippen LogP contribution < -0.4 is 20.1 Å². The number of ether oxygens (including phenoxy) is 2. The Hall–Kier alpha value is -3.65. The summed E-state index contributed by atoms with van der Waals surface area (Å²) in [6, 6.07) is 15.1. The first-order chi connectivity index (χ1) is 14.2. The molecule has 0 atom stereocenters. The summed E-state index contributed by atoms with van der Waals surface area (Å²) in [4.78, 5) is 21.3. The molecule has 0 saturated carbocycles. The highest BCUT2D eigenvalue weighted by molar-refractivity contribution is 7.14. The van der Waals surface area contributed by atoms with Crippen LogP contribution in [0.25, 0.3) is 10.9 Å². The maximum Gasteiger partial charge on any atom is 0.275 e. The lowest BCUT2D eigenvalue weighted by Crippen LogP contribution is -2.16. The number of carbonyl (C=O) groups is 1. The van der Waals surface area contributed by atoms with Gasteiger partial charge < -0.3 is 20.1 Å². The van der Waals surface area contributed by atoms with E-state index in [0.717, 1.165) is 16.6 Å². The average molecular weight is 404 g/mol. The van der Waals surface area contributed by atoms with Crippen LogP contribution in [-0.4, -0.2) is 29.1 Å². The molecule has 8 heteroatoms. The van der Waals surface area contributed by atoms with Crippen LogP contribution in [0.2, 0.25) is 0 Å². The Labute approximate surface area is 170 Å². The lowest BCUT2D eigenvalue weighted by Gasteiger charge is -2.18. The molecule has 3 heterocycles. The molecule has 29 heavy (non-hydrogen) atoms. The number of pyridine rings is 1. The first kappa shape index (κ1) is 17.4. The fraction of sp³-hybridized carbons (Fsp3) is 0.0952. The predicted octanol–water partition coefficient (Wildman–Crippen LogP) is 4.46. The summed E-state index contributed by atoms with van der Waals surface area (Å²) in [7, 11) is 0. The predicted molar refractivity (Wildman–Crippen MR) is 113 cm³/mol. The van der Waals surface area contributed by atoms with E-state index in [1.165, 1.54) is 11.3 Å². The summed E-state index contributed by atoms with van der Waals surface area (Å²) >= 11 is 1.37. The minimum Gasteiger partial charge on any atom is -0.486 e. The Bertz CT molecular complexity index is 1210. The van der Waals surface area contributed by atoms with Crippen LogP contribution in [0.15, 0.2) is 60.1 Å². The Morgan fingerprint density at radius 2 is 1.86 bits per heavy atom. The third-order valence-corrected chi connectivity index (χ3v) is 5.15. The van der Waals surface area contributed by atoms with Crippen LogP contribution in [0, 0.1) is 0 Å². The van der Waals surface area contributed by atoms with E-state index >= 15 is 0 Å². The zero-order valence-corrected chi connectivity index (χ0v) is 16.0. The van der Waals surface area contributed by atoms with Crippen LogP contribution in [-0.2, 0) is 0 Å². The van der Waals surface area contributed by atoms with Crippen LogP contribution in [0.1, 0.15) is 10.5 Å². The van der Waals surface area contributed by atoms with E-state index in [0.29, 0.717) is 41.2 Å². The highest BCUT2D eigenvalue weighted by Gasteiger charge is 2.15. The van der Waals surface area contributed by atoms with Gasteiger partial charge in [0.1, 0.15) is 18.9 Å². The molecule has 7 nitrogen and oxygen atoms in total. The number of thiazole rings is 1. The molecule has 0 saturated heterocycles. The number of hydrogen-bond donors (Lipinski definition) is 2. The number of hydrogen-bond acceptors (Lipinski definition) is 7. The number of amides is 1. The largest absolute Gasteiger partial charge is 0.486 e. The monoisotopic (exact) mass is 404 g/mol. The van der Waals surface area contributed by atoms with Gasteiger partial charge in [-0.2, -0.15) is 0 Å². The van der Waals surface area contributed by atoms with Crippen LogP contribution >= 0.6 is 11.3 Å². The third kappa shape index (κ3) is 3.70. The van der Waals surface area contributed by atoms with Crippen molar-refractivity contribution in [1.82, 2.24) is 9.97 Å². The molecule has 5 rings (SSSR count). The van der Waals surface area contributed by atoms with Gasteiger partial charge >= 0.3 is 0 Å². The Morgan fingerprint density at radius 3 is 2.79 bits per heavy atom. The van der Waals surface area contributed by atoms with Crippen molar-refractivity contribution in [1.29, 1.82) is 0 Å². The molecule has 144 valence electrons. The van der Waals surface area contributed by atoms with Gasteiger partial charge in [-0.15, -0.1) is 11.3 Å². The normalized spacial score (nSPS) is 12.6. The Balaban J connectivity index is 1.29. The minimum absolute atomic E-state index is 0.284. The van der Waals surface area contributed by atoms with Gasteiger partial charge in [-0.25, -0.2) is 4.98 Å². The molecule has 2 N–H and O–H groups in total. The lowest BCUT2D eigenvalue weighted by molar-refractivity contribution is 0.102. The van der Waals surface area contributed by atoms with Gasteiger partial charge in [-0.05, 0) is 36.4 Å². The van der Waals surface area contributed by atoms with Gasteiger partial charge in [0.2, 0.25) is 0 Å². The first-order valence-corrected chi connectivity index (χ1v) is 9.91. The number of rotatable bonds is 4. The smallest absolute Gasteiger partial charge is 0.275 e. The quantitative estimate of drug-likeness (QED) is 0.522. The fourth-order valence-corrected chi connectivity index (χ4v) is 3.74. The van der Waals surface area contributed by atoms with E-state index in [9.17, 15) is 4.79 Å². The molecule has 0 fully saturated rings. The van der Waals surface area contributed by atoms with Gasteiger partial charge in [0.05, 0.1) is 5.52 Å². The van der Waals surface area contributed by atoms with Gasteiger partial charge in [-0.1, -0.05) is 6.07 Å². The van der Waals surface area contributed by atoms with Crippen LogP contribution in [0.5, 0.6) is 11.5 Å². The second-order valence-corrected chi connectivity index (χ2v) is 7.24. The molecular formula is C21H16N4O3S. The van der Waals surface area contributed by atoms with Gasteiger partial charge in [0.25, 0.3) is 5.91 Å². The molecule has 0 bridgehead atoms. The van der Waals surface area contributed by atoms with Crippen molar-refractivity contribution in [3.63, 3.8) is 0 Å². The van der Waals surface area contributed by atoms with Crippen LogP contribution in [0.4, 0.5) is 16.5 Å². The van der Waals surface area contributed by atoms with E-state index in [-0.39, 0.29) is 5.91 Å². The first-order valence-electron chi connectivity index (χ1n) is 9.03. The highest BCUT2D eigenvalue weighted by atomic mass is 32.1. The second-order valence-electron chi connectivity index (χ2n) is 6.39. The molecule has 2 aromatic heterocycles. The molecule has 0 spiro atoms. The van der Waals surface area contributed by atoms with E-state index in [1.54, 1.807) is 29.8 Å². The Morgan fingerprint density at radius 1 is 1.00 bits per heavy atom.